The molecule has 3 aromatic rings. The van der Waals surface area contributed by atoms with Crippen molar-refractivity contribution in [2.24, 2.45) is 7.05 Å². The Morgan fingerprint density at radius 2 is 1.96 bits per heavy atom. The van der Waals surface area contributed by atoms with Crippen molar-refractivity contribution in [3.63, 3.8) is 0 Å². The van der Waals surface area contributed by atoms with E-state index in [4.69, 9.17) is 0 Å². The van der Waals surface area contributed by atoms with Crippen LogP contribution in [0.2, 0.25) is 0 Å². The van der Waals surface area contributed by atoms with E-state index in [9.17, 15) is 4.79 Å². The fourth-order valence-electron chi connectivity index (χ4n) is 2.62. The lowest BCUT2D eigenvalue weighted by molar-refractivity contribution is -0.113. The summed E-state index contributed by atoms with van der Waals surface area (Å²) in [6.07, 6.45) is 2.08. The largest absolute Gasteiger partial charge is 0.349 e. The maximum absolute atomic E-state index is 12.3. The molecule has 0 aliphatic heterocycles. The van der Waals surface area contributed by atoms with Crippen LogP contribution in [-0.4, -0.2) is 16.2 Å². The number of thioether (sulfide) groups is 1. The van der Waals surface area contributed by atoms with Crippen molar-refractivity contribution in [2.75, 3.05) is 11.1 Å². The quantitative estimate of drug-likeness (QED) is 0.716. The van der Waals surface area contributed by atoms with E-state index in [1.165, 1.54) is 10.9 Å². The molecular weight excluding hydrogens is 304 g/mol. The van der Waals surface area contributed by atoms with Gasteiger partial charge in [-0.2, -0.15) is 0 Å². The third-order valence-corrected chi connectivity index (χ3v) is 4.93. The molecule has 0 saturated carbocycles. The molecule has 1 amide bonds. The van der Waals surface area contributed by atoms with Crippen LogP contribution in [0.3, 0.4) is 0 Å². The molecular formula is C19H20N2OS. The van der Waals surface area contributed by atoms with Crippen molar-refractivity contribution in [1.29, 1.82) is 0 Å². The third-order valence-electron chi connectivity index (χ3n) is 3.89. The van der Waals surface area contributed by atoms with E-state index in [1.54, 1.807) is 11.8 Å². The maximum atomic E-state index is 12.3. The smallest absolute Gasteiger partial charge is 0.234 e. The number of amides is 1. The minimum Gasteiger partial charge on any atom is -0.349 e. The number of nitrogens with one attached hydrogen (secondary N) is 1. The molecule has 0 fully saturated rings. The topological polar surface area (TPSA) is 34.0 Å². The fourth-order valence-corrected chi connectivity index (χ4v) is 3.54. The van der Waals surface area contributed by atoms with Crippen molar-refractivity contribution in [3.8, 4) is 0 Å². The number of hydrogen-bond acceptors (Lipinski definition) is 2. The molecule has 23 heavy (non-hydrogen) atoms. The van der Waals surface area contributed by atoms with E-state index < -0.39 is 0 Å². The summed E-state index contributed by atoms with van der Waals surface area (Å²) in [5, 5.41) is 4.20. The number of rotatable bonds is 4. The second kappa shape index (κ2) is 6.50. The minimum atomic E-state index is 0.0247. The number of carbonyl (C=O) groups is 1. The van der Waals surface area contributed by atoms with Crippen molar-refractivity contribution < 1.29 is 4.79 Å². The monoisotopic (exact) mass is 324 g/mol. The van der Waals surface area contributed by atoms with E-state index in [2.05, 4.69) is 34.3 Å². The number of nitrogens with zero attached hydrogens (tertiary/aromatic N) is 1. The molecule has 3 nitrogen and oxygen atoms in total. The van der Waals surface area contributed by atoms with Crippen LogP contribution in [0, 0.1) is 13.8 Å². The molecule has 1 aromatic heterocycles. The first-order valence-electron chi connectivity index (χ1n) is 7.58. The Bertz CT molecular complexity index is 867. The van der Waals surface area contributed by atoms with Crippen LogP contribution in [0.4, 0.5) is 5.69 Å². The van der Waals surface area contributed by atoms with Gasteiger partial charge in [0.25, 0.3) is 0 Å². The standard InChI is InChI=1S/C19H20N2OS/c1-13-8-9-14(2)16(10-13)20-19(22)12-23-18-11-21(3)17-7-5-4-6-15(17)18/h4-11H,12H2,1-3H3,(H,20,22). The van der Waals surface area contributed by atoms with Crippen LogP contribution in [0.5, 0.6) is 0 Å². The second-order valence-corrected chi connectivity index (χ2v) is 6.79. The van der Waals surface area contributed by atoms with E-state index >= 15 is 0 Å². The second-order valence-electron chi connectivity index (χ2n) is 5.78. The predicted octanol–water partition coefficient (Wildman–Crippen LogP) is 4.53. The highest BCUT2D eigenvalue weighted by Crippen LogP contribution is 2.29. The van der Waals surface area contributed by atoms with Crippen molar-refractivity contribution in [2.45, 2.75) is 18.7 Å². The predicted molar refractivity (Wildman–Crippen MR) is 98.2 cm³/mol. The molecule has 0 spiro atoms. The summed E-state index contributed by atoms with van der Waals surface area (Å²) in [6, 6.07) is 14.3. The van der Waals surface area contributed by atoms with Gasteiger partial charge in [-0.1, -0.05) is 30.3 Å². The first kappa shape index (κ1) is 15.7. The molecule has 0 aliphatic rings. The minimum absolute atomic E-state index is 0.0247. The summed E-state index contributed by atoms with van der Waals surface area (Å²) in [7, 11) is 2.03. The van der Waals surface area contributed by atoms with Gasteiger partial charge in [0, 0.05) is 34.7 Å². The Morgan fingerprint density at radius 3 is 2.78 bits per heavy atom. The molecule has 0 radical (unpaired) electrons. The Kier molecular flexibility index (Phi) is 4.44. The lowest BCUT2D eigenvalue weighted by Crippen LogP contribution is -2.14. The zero-order valence-electron chi connectivity index (χ0n) is 13.6. The van der Waals surface area contributed by atoms with Gasteiger partial charge >= 0.3 is 0 Å². The Hall–Kier alpha value is -2.20. The van der Waals surface area contributed by atoms with Gasteiger partial charge in [0.05, 0.1) is 5.75 Å². The molecule has 0 saturated heterocycles. The number of para-hydroxylation sites is 1. The summed E-state index contributed by atoms with van der Waals surface area (Å²) in [6.45, 7) is 4.03. The molecule has 118 valence electrons. The molecule has 1 heterocycles. The number of fused-ring (bicyclic) bond motifs is 1. The third kappa shape index (κ3) is 3.42. The number of aromatic nitrogens is 1. The Labute approximate surface area is 140 Å². The van der Waals surface area contributed by atoms with Crippen molar-refractivity contribution in [1.82, 2.24) is 4.57 Å². The van der Waals surface area contributed by atoms with Gasteiger partial charge < -0.3 is 9.88 Å². The SMILES string of the molecule is Cc1ccc(C)c(NC(=O)CSc2cn(C)c3ccccc23)c1. The highest BCUT2D eigenvalue weighted by atomic mass is 32.2. The van der Waals surface area contributed by atoms with E-state index in [-0.39, 0.29) is 5.91 Å². The van der Waals surface area contributed by atoms with Crippen molar-refractivity contribution >= 4 is 34.3 Å². The van der Waals surface area contributed by atoms with Crippen LogP contribution in [-0.2, 0) is 11.8 Å². The van der Waals surface area contributed by atoms with Gasteiger partial charge in [0.2, 0.25) is 5.91 Å². The zero-order chi connectivity index (χ0) is 16.4. The number of aryl methyl sites for hydroxylation is 3. The highest BCUT2D eigenvalue weighted by Gasteiger charge is 2.10. The van der Waals surface area contributed by atoms with Gasteiger partial charge in [-0.3, -0.25) is 4.79 Å². The van der Waals surface area contributed by atoms with Crippen LogP contribution >= 0.6 is 11.8 Å². The van der Waals surface area contributed by atoms with Crippen LogP contribution < -0.4 is 5.32 Å². The van der Waals surface area contributed by atoms with Gasteiger partial charge in [0.1, 0.15) is 0 Å². The molecule has 0 aliphatic carbocycles. The lowest BCUT2D eigenvalue weighted by Gasteiger charge is -2.09. The number of carbonyl (C=O) groups excluding carboxylic acids is 1. The zero-order valence-corrected chi connectivity index (χ0v) is 14.4. The molecule has 1 N–H and O–H groups in total. The summed E-state index contributed by atoms with van der Waals surface area (Å²) >= 11 is 1.58. The molecule has 3 rings (SSSR count). The summed E-state index contributed by atoms with van der Waals surface area (Å²) in [5.41, 5.74) is 4.31. The normalized spacial score (nSPS) is 10.9. The average molecular weight is 324 g/mol. The van der Waals surface area contributed by atoms with Crippen LogP contribution in [0.25, 0.3) is 10.9 Å². The molecule has 0 bridgehead atoms. The molecule has 2 aromatic carbocycles. The number of anilines is 1. The van der Waals surface area contributed by atoms with E-state index in [0.29, 0.717) is 5.75 Å². The summed E-state index contributed by atoms with van der Waals surface area (Å²) in [4.78, 5) is 13.4. The molecule has 0 unspecified atom stereocenters. The average Bonchev–Trinajstić information content (AvgIpc) is 2.86. The fraction of sp³-hybridized carbons (Fsp3) is 0.211. The number of benzene rings is 2. The van der Waals surface area contributed by atoms with Crippen LogP contribution in [0.1, 0.15) is 11.1 Å². The first-order chi connectivity index (χ1) is 11.0. The van der Waals surface area contributed by atoms with Gasteiger partial charge in [-0.05, 0) is 37.1 Å². The number of hydrogen-bond donors (Lipinski definition) is 1. The first-order valence-corrected chi connectivity index (χ1v) is 8.57. The van der Waals surface area contributed by atoms with E-state index in [0.717, 1.165) is 21.7 Å². The van der Waals surface area contributed by atoms with E-state index in [1.807, 2.05) is 45.2 Å². The Morgan fingerprint density at radius 1 is 1.17 bits per heavy atom. The molecule has 0 atom stereocenters. The van der Waals surface area contributed by atoms with Crippen molar-refractivity contribution in [3.05, 3.63) is 59.8 Å². The summed E-state index contributed by atoms with van der Waals surface area (Å²) in [5.74, 6) is 0.429. The Balaban J connectivity index is 1.70. The molecule has 4 heteroatoms. The maximum Gasteiger partial charge on any atom is 0.234 e. The lowest BCUT2D eigenvalue weighted by atomic mass is 10.1. The van der Waals surface area contributed by atoms with Gasteiger partial charge in [0.15, 0.2) is 0 Å². The van der Waals surface area contributed by atoms with Gasteiger partial charge in [-0.15, -0.1) is 11.8 Å². The summed E-state index contributed by atoms with van der Waals surface area (Å²) < 4.78 is 2.10. The highest BCUT2D eigenvalue weighted by molar-refractivity contribution is 8.00. The van der Waals surface area contributed by atoms with Gasteiger partial charge in [-0.25, -0.2) is 0 Å². The van der Waals surface area contributed by atoms with Crippen LogP contribution in [0.15, 0.2) is 53.6 Å².